The molecular weight excluding hydrogens is 402 g/mol. The average Bonchev–Trinajstić information content (AvgIpc) is 3.37. The second-order valence-corrected chi connectivity index (χ2v) is 11.6. The van der Waals surface area contributed by atoms with Crippen molar-refractivity contribution < 1.29 is 14.3 Å². The van der Waals surface area contributed by atoms with Gasteiger partial charge in [-0.25, -0.2) is 0 Å². The van der Waals surface area contributed by atoms with Crippen molar-refractivity contribution in [2.45, 2.75) is 89.3 Å². The van der Waals surface area contributed by atoms with Crippen LogP contribution in [0.4, 0.5) is 0 Å². The van der Waals surface area contributed by atoms with E-state index in [-0.39, 0.29) is 11.4 Å². The van der Waals surface area contributed by atoms with Gasteiger partial charge in [-0.15, -0.1) is 0 Å². The number of hydrogen-bond donors (Lipinski definition) is 3. The summed E-state index contributed by atoms with van der Waals surface area (Å²) in [5.74, 6) is 2.26. The lowest BCUT2D eigenvalue weighted by Gasteiger charge is -2.63. The predicted molar refractivity (Wildman–Crippen MR) is 125 cm³/mol. The molecule has 4 aliphatic carbocycles. The monoisotopic (exact) mass is 443 g/mol. The van der Waals surface area contributed by atoms with Crippen LogP contribution in [0.25, 0.3) is 0 Å². The van der Waals surface area contributed by atoms with E-state index in [9.17, 15) is 5.11 Å². The second kappa shape index (κ2) is 8.05. The van der Waals surface area contributed by atoms with Crippen molar-refractivity contribution in [2.24, 2.45) is 45.0 Å². The van der Waals surface area contributed by atoms with Gasteiger partial charge in [0.05, 0.1) is 37.4 Å². The molecule has 1 aromatic rings. The summed E-state index contributed by atoms with van der Waals surface area (Å²) < 4.78 is 11.6. The summed E-state index contributed by atoms with van der Waals surface area (Å²) in [5.41, 5.74) is 11.8. The van der Waals surface area contributed by atoms with Gasteiger partial charge >= 0.3 is 0 Å². The Morgan fingerprint density at radius 1 is 1.12 bits per heavy atom. The molecule has 4 saturated carbocycles. The summed E-state index contributed by atoms with van der Waals surface area (Å²) in [6.07, 6.45) is 14.1. The molecule has 8 atom stereocenters. The Kier molecular flexibility index (Phi) is 5.60. The van der Waals surface area contributed by atoms with E-state index in [4.69, 9.17) is 20.6 Å². The van der Waals surface area contributed by atoms with E-state index in [1.807, 2.05) is 6.26 Å². The third-order valence-electron chi connectivity index (χ3n) is 10.5. The Bertz CT molecular complexity index is 837. The number of aliphatic hydroxyl groups is 1. The maximum absolute atomic E-state index is 12.3. The van der Waals surface area contributed by atoms with Crippen molar-refractivity contribution >= 4 is 5.96 Å². The number of aliphatic imine (C=N–C) groups is 1. The number of nitrogens with two attached hydrogens (primary N) is 2. The Morgan fingerprint density at radius 2 is 1.97 bits per heavy atom. The minimum atomic E-state index is -0.556. The molecule has 0 amide bonds. The molecule has 0 aromatic carbocycles. The number of fused-ring (bicyclic) bond motifs is 5. The van der Waals surface area contributed by atoms with Gasteiger partial charge in [-0.3, -0.25) is 4.99 Å². The van der Waals surface area contributed by atoms with Gasteiger partial charge in [-0.2, -0.15) is 0 Å². The van der Waals surface area contributed by atoms with Crippen molar-refractivity contribution in [3.8, 4) is 0 Å². The van der Waals surface area contributed by atoms with Crippen molar-refractivity contribution in [2.75, 3.05) is 13.2 Å². The molecule has 1 aromatic heterocycles. The predicted octanol–water partition coefficient (Wildman–Crippen LogP) is 4.18. The summed E-state index contributed by atoms with van der Waals surface area (Å²) in [4.78, 5) is 4.04. The largest absolute Gasteiger partial charge is 0.472 e. The van der Waals surface area contributed by atoms with E-state index in [1.165, 1.54) is 24.8 Å². The van der Waals surface area contributed by atoms with Crippen LogP contribution in [-0.2, 0) is 4.74 Å². The lowest BCUT2D eigenvalue weighted by molar-refractivity contribution is -0.207. The molecule has 178 valence electrons. The molecule has 0 saturated heterocycles. The van der Waals surface area contributed by atoms with Crippen LogP contribution >= 0.6 is 0 Å². The van der Waals surface area contributed by atoms with Crippen LogP contribution in [0.1, 0.15) is 83.1 Å². The Hall–Kier alpha value is -1.53. The van der Waals surface area contributed by atoms with E-state index in [2.05, 4.69) is 24.9 Å². The first-order valence-electron chi connectivity index (χ1n) is 12.7. The first kappa shape index (κ1) is 22.3. The molecule has 5 rings (SSSR count). The van der Waals surface area contributed by atoms with Gasteiger partial charge in [-0.05, 0) is 98.5 Å². The lowest BCUT2D eigenvalue weighted by Crippen LogP contribution is -2.62. The van der Waals surface area contributed by atoms with E-state index >= 15 is 0 Å². The van der Waals surface area contributed by atoms with Crippen molar-refractivity contribution in [1.82, 2.24) is 0 Å². The molecule has 4 aliphatic rings. The maximum Gasteiger partial charge on any atom is 0.185 e. The molecule has 1 heterocycles. The standard InChI is InChI=1S/C26H41N3O3/c1-24-9-5-19(32-14-12-29-23(27)28)15-18(24)3-4-22-21(24)6-10-25(2)20(7-11-26(22,25)30)17-8-13-31-16-17/h8,13,16,18-22,30H,3-7,9-12,14-15H2,1-2H3,(H4,27,28,29)/t18-,19+,20-,21+,22-,24+,25-,26+/m1/s1. The molecule has 0 spiro atoms. The van der Waals surface area contributed by atoms with Crippen molar-refractivity contribution in [3.63, 3.8) is 0 Å². The number of guanidine groups is 1. The van der Waals surface area contributed by atoms with Gasteiger partial charge in [-0.1, -0.05) is 13.8 Å². The summed E-state index contributed by atoms with van der Waals surface area (Å²) in [7, 11) is 0. The zero-order valence-corrected chi connectivity index (χ0v) is 19.8. The number of ether oxygens (including phenoxy) is 1. The summed E-state index contributed by atoms with van der Waals surface area (Å²) in [6.45, 7) is 6.02. The third-order valence-corrected chi connectivity index (χ3v) is 10.5. The Balaban J connectivity index is 1.30. The lowest BCUT2D eigenvalue weighted by atomic mass is 9.43. The second-order valence-electron chi connectivity index (χ2n) is 11.6. The number of hydrogen-bond acceptors (Lipinski definition) is 4. The van der Waals surface area contributed by atoms with Crippen molar-refractivity contribution in [1.29, 1.82) is 0 Å². The summed E-state index contributed by atoms with van der Waals surface area (Å²) in [6, 6.07) is 2.11. The first-order valence-corrected chi connectivity index (χ1v) is 12.7. The average molecular weight is 444 g/mol. The molecule has 0 aliphatic heterocycles. The fourth-order valence-electron chi connectivity index (χ4n) is 8.74. The molecule has 6 nitrogen and oxygen atoms in total. The van der Waals surface area contributed by atoms with Gasteiger partial charge in [0.2, 0.25) is 0 Å². The van der Waals surface area contributed by atoms with Gasteiger partial charge in [0, 0.05) is 5.41 Å². The topological polar surface area (TPSA) is 107 Å². The molecule has 4 fully saturated rings. The fourth-order valence-corrected chi connectivity index (χ4v) is 8.74. The highest BCUT2D eigenvalue weighted by molar-refractivity contribution is 5.75. The fraction of sp³-hybridized carbons (Fsp3) is 0.808. The van der Waals surface area contributed by atoms with Crippen LogP contribution in [0, 0.1) is 28.6 Å². The summed E-state index contributed by atoms with van der Waals surface area (Å²) >= 11 is 0. The molecule has 32 heavy (non-hydrogen) atoms. The van der Waals surface area contributed by atoms with Gasteiger partial charge in [0.25, 0.3) is 0 Å². The highest BCUT2D eigenvalue weighted by Crippen LogP contribution is 2.70. The molecule has 0 radical (unpaired) electrons. The zero-order chi connectivity index (χ0) is 22.6. The smallest absolute Gasteiger partial charge is 0.185 e. The number of rotatable bonds is 5. The highest BCUT2D eigenvalue weighted by Gasteiger charge is 2.67. The number of furan rings is 1. The molecular formula is C26H41N3O3. The van der Waals surface area contributed by atoms with Crippen LogP contribution < -0.4 is 11.5 Å². The minimum absolute atomic E-state index is 0.0487. The van der Waals surface area contributed by atoms with Gasteiger partial charge in [0.15, 0.2) is 5.96 Å². The number of nitrogens with zero attached hydrogens (tertiary/aromatic N) is 1. The van der Waals surface area contributed by atoms with Crippen LogP contribution in [0.5, 0.6) is 0 Å². The highest BCUT2D eigenvalue weighted by atomic mass is 16.5. The normalized spacial score (nSPS) is 45.5. The first-order chi connectivity index (χ1) is 15.3. The van der Waals surface area contributed by atoms with Crippen molar-refractivity contribution in [3.05, 3.63) is 24.2 Å². The molecule has 6 heteroatoms. The van der Waals surface area contributed by atoms with Crippen LogP contribution in [0.2, 0.25) is 0 Å². The third kappa shape index (κ3) is 3.32. The van der Waals surface area contributed by atoms with Crippen LogP contribution in [0.15, 0.2) is 28.0 Å². The summed E-state index contributed by atoms with van der Waals surface area (Å²) in [5, 5.41) is 12.3. The van der Waals surface area contributed by atoms with Crippen LogP contribution in [-0.4, -0.2) is 35.9 Å². The maximum atomic E-state index is 12.3. The van der Waals surface area contributed by atoms with E-state index in [0.29, 0.717) is 48.3 Å². The molecule has 0 unspecified atom stereocenters. The van der Waals surface area contributed by atoms with Gasteiger partial charge in [0.1, 0.15) is 0 Å². The van der Waals surface area contributed by atoms with Crippen LogP contribution in [0.3, 0.4) is 0 Å². The van der Waals surface area contributed by atoms with E-state index in [1.54, 1.807) is 6.26 Å². The Morgan fingerprint density at radius 3 is 2.72 bits per heavy atom. The van der Waals surface area contributed by atoms with E-state index in [0.717, 1.165) is 38.5 Å². The zero-order valence-electron chi connectivity index (χ0n) is 19.8. The molecule has 5 N–H and O–H groups in total. The molecule has 0 bridgehead atoms. The minimum Gasteiger partial charge on any atom is -0.472 e. The Labute approximate surface area is 192 Å². The van der Waals surface area contributed by atoms with E-state index < -0.39 is 5.60 Å². The van der Waals surface area contributed by atoms with Gasteiger partial charge < -0.3 is 25.7 Å². The quantitative estimate of drug-likeness (QED) is 0.359. The SMILES string of the molecule is C[C@]12CC[C@H](OCCN=C(N)N)C[C@H]1CC[C@@H]1[C@@H]2CC[C@]2(C)[C@@H](c3ccoc3)CC[C@]12O.